The van der Waals surface area contributed by atoms with E-state index < -0.39 is 0 Å². The van der Waals surface area contributed by atoms with Crippen molar-refractivity contribution < 1.29 is 4.74 Å². The van der Waals surface area contributed by atoms with Crippen LogP contribution in [-0.4, -0.2) is 19.3 Å². The Bertz CT molecular complexity index is 356. The van der Waals surface area contributed by atoms with Gasteiger partial charge in [-0.1, -0.05) is 24.3 Å². The zero-order chi connectivity index (χ0) is 11.6. The van der Waals surface area contributed by atoms with Gasteiger partial charge in [0.15, 0.2) is 0 Å². The fraction of sp³-hybridized carbons (Fsp3) is 0.571. The van der Waals surface area contributed by atoms with Crippen molar-refractivity contribution in [3.8, 4) is 0 Å². The Morgan fingerprint density at radius 1 is 1.38 bits per heavy atom. The molecule has 0 saturated carbocycles. The maximum Gasteiger partial charge on any atom is 0.0849 e. The molecule has 0 bridgehead atoms. The standard InChI is InChI=1S/C14H21NO/c1-11-7-4-5-8-12(11)13(15-3)14(2)9-6-10-16-14/h4-5,7-8,13,15H,6,9-10H2,1-3H3. The van der Waals surface area contributed by atoms with Gasteiger partial charge in [-0.05, 0) is 44.9 Å². The van der Waals surface area contributed by atoms with Crippen LogP contribution in [0.4, 0.5) is 0 Å². The molecule has 1 aliphatic rings. The number of nitrogens with one attached hydrogen (secondary N) is 1. The Morgan fingerprint density at radius 3 is 2.69 bits per heavy atom. The fourth-order valence-corrected chi connectivity index (χ4v) is 2.73. The summed E-state index contributed by atoms with van der Waals surface area (Å²) in [6.45, 7) is 5.27. The van der Waals surface area contributed by atoms with Crippen molar-refractivity contribution >= 4 is 0 Å². The van der Waals surface area contributed by atoms with Gasteiger partial charge in [0, 0.05) is 6.61 Å². The van der Waals surface area contributed by atoms with Crippen molar-refractivity contribution in [1.82, 2.24) is 5.32 Å². The number of ether oxygens (including phenoxy) is 1. The van der Waals surface area contributed by atoms with Crippen LogP contribution in [0.2, 0.25) is 0 Å². The lowest BCUT2D eigenvalue weighted by atomic mass is 9.86. The summed E-state index contributed by atoms with van der Waals surface area (Å²) in [6.07, 6.45) is 2.30. The molecular formula is C14H21NO. The summed E-state index contributed by atoms with van der Waals surface area (Å²) in [6, 6.07) is 8.84. The Morgan fingerprint density at radius 2 is 2.12 bits per heavy atom. The lowest BCUT2D eigenvalue weighted by Gasteiger charge is -2.34. The first-order valence-electron chi connectivity index (χ1n) is 6.04. The lowest BCUT2D eigenvalue weighted by molar-refractivity contribution is -0.0106. The second-order valence-corrected chi connectivity index (χ2v) is 4.84. The summed E-state index contributed by atoms with van der Waals surface area (Å²) in [4.78, 5) is 0. The smallest absolute Gasteiger partial charge is 0.0849 e. The van der Waals surface area contributed by atoms with Crippen LogP contribution in [0.5, 0.6) is 0 Å². The molecule has 1 aromatic rings. The molecule has 0 spiro atoms. The molecule has 2 rings (SSSR count). The topological polar surface area (TPSA) is 21.3 Å². The first-order chi connectivity index (χ1) is 7.67. The minimum Gasteiger partial charge on any atom is -0.373 e. The Kier molecular flexibility index (Phi) is 3.31. The predicted octanol–water partition coefficient (Wildman–Crippen LogP) is 2.82. The van der Waals surface area contributed by atoms with Crippen molar-refractivity contribution in [3.63, 3.8) is 0 Å². The van der Waals surface area contributed by atoms with Crippen LogP contribution in [0.3, 0.4) is 0 Å². The molecular weight excluding hydrogens is 198 g/mol. The van der Waals surface area contributed by atoms with Crippen LogP contribution in [-0.2, 0) is 4.74 Å². The number of benzene rings is 1. The summed E-state index contributed by atoms with van der Waals surface area (Å²) >= 11 is 0. The van der Waals surface area contributed by atoms with E-state index in [9.17, 15) is 0 Å². The van der Waals surface area contributed by atoms with Gasteiger partial charge >= 0.3 is 0 Å². The Balaban J connectivity index is 2.32. The molecule has 1 aromatic carbocycles. The van der Waals surface area contributed by atoms with Crippen molar-refractivity contribution in [2.45, 2.75) is 38.3 Å². The van der Waals surface area contributed by atoms with Crippen LogP contribution < -0.4 is 5.32 Å². The van der Waals surface area contributed by atoms with E-state index in [0.717, 1.165) is 13.0 Å². The molecule has 2 nitrogen and oxygen atoms in total. The number of hydrogen-bond acceptors (Lipinski definition) is 2. The predicted molar refractivity (Wildman–Crippen MR) is 66.6 cm³/mol. The molecule has 1 aliphatic heterocycles. The molecule has 16 heavy (non-hydrogen) atoms. The Labute approximate surface area is 98.0 Å². The normalized spacial score (nSPS) is 26.9. The highest BCUT2D eigenvalue weighted by Crippen LogP contribution is 2.38. The number of hydrogen-bond donors (Lipinski definition) is 1. The van der Waals surface area contributed by atoms with Crippen molar-refractivity contribution in [1.29, 1.82) is 0 Å². The first kappa shape index (κ1) is 11.6. The van der Waals surface area contributed by atoms with Crippen LogP contribution in [0.25, 0.3) is 0 Å². The second kappa shape index (κ2) is 4.56. The number of aryl methyl sites for hydroxylation is 1. The molecule has 1 fully saturated rings. The summed E-state index contributed by atoms with van der Waals surface area (Å²) in [5.74, 6) is 0. The van der Waals surface area contributed by atoms with E-state index in [1.165, 1.54) is 17.5 Å². The van der Waals surface area contributed by atoms with Gasteiger partial charge in [0.2, 0.25) is 0 Å². The first-order valence-corrected chi connectivity index (χ1v) is 6.04. The van der Waals surface area contributed by atoms with Gasteiger partial charge in [0.05, 0.1) is 11.6 Å². The third-order valence-electron chi connectivity index (χ3n) is 3.65. The van der Waals surface area contributed by atoms with E-state index in [0.29, 0.717) is 0 Å². The van der Waals surface area contributed by atoms with Crippen LogP contribution in [0, 0.1) is 6.92 Å². The highest BCUT2D eigenvalue weighted by molar-refractivity contribution is 5.31. The number of likely N-dealkylation sites (N-methyl/N-ethyl adjacent to an activating group) is 1. The van der Waals surface area contributed by atoms with Gasteiger partial charge in [-0.2, -0.15) is 0 Å². The Hall–Kier alpha value is -0.860. The zero-order valence-electron chi connectivity index (χ0n) is 10.4. The lowest BCUT2D eigenvalue weighted by Crippen LogP contribution is -2.40. The summed E-state index contributed by atoms with van der Waals surface area (Å²) in [7, 11) is 2.02. The molecule has 0 aromatic heterocycles. The maximum absolute atomic E-state index is 5.94. The van der Waals surface area contributed by atoms with E-state index in [1.807, 2.05) is 7.05 Å². The molecule has 0 amide bonds. The third-order valence-corrected chi connectivity index (χ3v) is 3.65. The minimum absolute atomic E-state index is 0.0547. The monoisotopic (exact) mass is 219 g/mol. The molecule has 0 radical (unpaired) electrons. The van der Waals surface area contributed by atoms with Gasteiger partial charge in [-0.3, -0.25) is 0 Å². The number of rotatable bonds is 3. The average molecular weight is 219 g/mol. The van der Waals surface area contributed by atoms with Gasteiger partial charge in [0.25, 0.3) is 0 Å². The minimum atomic E-state index is -0.0547. The van der Waals surface area contributed by atoms with Gasteiger partial charge in [-0.15, -0.1) is 0 Å². The van der Waals surface area contributed by atoms with Crippen molar-refractivity contribution in [2.24, 2.45) is 0 Å². The fourth-order valence-electron chi connectivity index (χ4n) is 2.73. The molecule has 2 unspecified atom stereocenters. The molecule has 1 saturated heterocycles. The summed E-state index contributed by atoms with van der Waals surface area (Å²) in [5.41, 5.74) is 2.63. The SMILES string of the molecule is CNC(c1ccccc1C)C1(C)CCCO1. The molecule has 2 atom stereocenters. The molecule has 2 heteroatoms. The molecule has 88 valence electrons. The largest absolute Gasteiger partial charge is 0.373 e. The van der Waals surface area contributed by atoms with Crippen LogP contribution in [0.15, 0.2) is 24.3 Å². The van der Waals surface area contributed by atoms with Crippen molar-refractivity contribution in [3.05, 3.63) is 35.4 Å². The van der Waals surface area contributed by atoms with E-state index in [4.69, 9.17) is 4.74 Å². The zero-order valence-corrected chi connectivity index (χ0v) is 10.4. The highest BCUT2D eigenvalue weighted by atomic mass is 16.5. The summed E-state index contributed by atoms with van der Waals surface area (Å²) in [5, 5.41) is 3.42. The van der Waals surface area contributed by atoms with E-state index in [2.05, 4.69) is 43.4 Å². The third kappa shape index (κ3) is 2.00. The maximum atomic E-state index is 5.94. The average Bonchev–Trinajstić information content (AvgIpc) is 2.70. The van der Waals surface area contributed by atoms with E-state index >= 15 is 0 Å². The van der Waals surface area contributed by atoms with Crippen LogP contribution >= 0.6 is 0 Å². The highest BCUT2D eigenvalue weighted by Gasteiger charge is 2.38. The van der Waals surface area contributed by atoms with Gasteiger partial charge < -0.3 is 10.1 Å². The van der Waals surface area contributed by atoms with E-state index in [1.54, 1.807) is 0 Å². The molecule has 1 heterocycles. The summed E-state index contributed by atoms with van der Waals surface area (Å²) < 4.78 is 5.94. The van der Waals surface area contributed by atoms with Crippen LogP contribution in [0.1, 0.15) is 36.9 Å². The second-order valence-electron chi connectivity index (χ2n) is 4.84. The quantitative estimate of drug-likeness (QED) is 0.844. The van der Waals surface area contributed by atoms with Gasteiger partial charge in [0.1, 0.15) is 0 Å². The molecule has 0 aliphatic carbocycles. The van der Waals surface area contributed by atoms with E-state index in [-0.39, 0.29) is 11.6 Å². The molecule has 1 N–H and O–H groups in total. The van der Waals surface area contributed by atoms with Crippen molar-refractivity contribution in [2.75, 3.05) is 13.7 Å². The van der Waals surface area contributed by atoms with Gasteiger partial charge in [-0.25, -0.2) is 0 Å².